The van der Waals surface area contributed by atoms with E-state index in [2.05, 4.69) is 25.2 Å². The lowest BCUT2D eigenvalue weighted by Crippen LogP contribution is -2.39. The fourth-order valence-electron chi connectivity index (χ4n) is 3.72. The lowest BCUT2D eigenvalue weighted by molar-refractivity contribution is -0.138. The quantitative estimate of drug-likeness (QED) is 0.791. The number of nitrogens with zero attached hydrogens (tertiary/aromatic N) is 1. The molecule has 0 saturated heterocycles. The second-order valence-corrected chi connectivity index (χ2v) is 7.16. The van der Waals surface area contributed by atoms with Crippen molar-refractivity contribution >= 4 is 0 Å². The van der Waals surface area contributed by atoms with Crippen molar-refractivity contribution < 1.29 is 13.2 Å². The van der Waals surface area contributed by atoms with Gasteiger partial charge in [0.2, 0.25) is 0 Å². The number of alkyl halides is 3. The summed E-state index contributed by atoms with van der Waals surface area (Å²) < 4.78 is 39.1. The summed E-state index contributed by atoms with van der Waals surface area (Å²) in [6.45, 7) is 4.54. The number of hydrogen-bond donors (Lipinski definition) is 1. The van der Waals surface area contributed by atoms with Crippen molar-refractivity contribution in [2.24, 2.45) is 11.3 Å². The van der Waals surface area contributed by atoms with Gasteiger partial charge in [-0.15, -0.1) is 0 Å². The number of nitrogens with one attached hydrogen (secondary N) is 1. The van der Waals surface area contributed by atoms with E-state index in [1.54, 1.807) is 6.07 Å². The predicted octanol–water partition coefficient (Wildman–Crippen LogP) is 5.29. The monoisotopic (exact) mass is 338 g/mol. The number of rotatable bonds is 5. The highest BCUT2D eigenvalue weighted by Gasteiger charge is 2.38. The van der Waals surface area contributed by atoms with Crippen LogP contribution in [0.5, 0.6) is 0 Å². The van der Waals surface area contributed by atoms with E-state index in [4.69, 9.17) is 5.26 Å². The molecule has 2 rings (SSSR count). The normalized spacial score (nSPS) is 24.8. The molecule has 0 bridgehead atoms. The minimum Gasteiger partial charge on any atom is -0.310 e. The van der Waals surface area contributed by atoms with Crippen LogP contribution in [0.25, 0.3) is 0 Å². The lowest BCUT2D eigenvalue weighted by atomic mass is 9.64. The number of halogens is 3. The Morgan fingerprint density at radius 1 is 1.25 bits per heavy atom. The van der Waals surface area contributed by atoms with E-state index < -0.39 is 11.7 Å². The molecule has 1 aliphatic rings. The Labute approximate surface area is 142 Å². The highest BCUT2D eigenvalue weighted by molar-refractivity contribution is 5.29. The molecule has 1 N–H and O–H groups in total. The summed E-state index contributed by atoms with van der Waals surface area (Å²) in [4.78, 5) is 0. The summed E-state index contributed by atoms with van der Waals surface area (Å²) in [6.07, 6.45) is -0.0194. The van der Waals surface area contributed by atoms with E-state index in [-0.39, 0.29) is 18.0 Å². The maximum Gasteiger partial charge on any atom is 0.416 e. The molecule has 0 heterocycles. The van der Waals surface area contributed by atoms with E-state index in [0.717, 1.165) is 31.7 Å². The van der Waals surface area contributed by atoms with Gasteiger partial charge in [0.1, 0.15) is 0 Å². The van der Waals surface area contributed by atoms with E-state index in [1.165, 1.54) is 12.1 Å². The zero-order valence-electron chi connectivity index (χ0n) is 14.3. The first-order chi connectivity index (χ1) is 11.3. The Kier molecular flexibility index (Phi) is 5.92. The van der Waals surface area contributed by atoms with Gasteiger partial charge in [-0.1, -0.05) is 32.0 Å². The maximum absolute atomic E-state index is 13.0. The molecule has 1 fully saturated rings. The van der Waals surface area contributed by atoms with Gasteiger partial charge in [-0.05, 0) is 48.6 Å². The third-order valence-corrected chi connectivity index (χ3v) is 5.54. The molecule has 0 aromatic heterocycles. The van der Waals surface area contributed by atoms with Crippen LogP contribution in [0.15, 0.2) is 24.3 Å². The van der Waals surface area contributed by atoms with Crippen LogP contribution in [-0.4, -0.2) is 6.04 Å². The zero-order chi connectivity index (χ0) is 17.8. The van der Waals surface area contributed by atoms with Crippen LogP contribution in [0.3, 0.4) is 0 Å². The van der Waals surface area contributed by atoms with Crippen LogP contribution in [0.2, 0.25) is 0 Å². The molecule has 1 saturated carbocycles. The fraction of sp³-hybridized carbons (Fsp3) is 0.632. The molecule has 0 unspecified atom stereocenters. The van der Waals surface area contributed by atoms with E-state index in [9.17, 15) is 13.2 Å². The van der Waals surface area contributed by atoms with Gasteiger partial charge in [0.05, 0.1) is 11.6 Å². The Morgan fingerprint density at radius 2 is 1.88 bits per heavy atom. The van der Waals surface area contributed by atoms with Crippen LogP contribution >= 0.6 is 0 Å². The van der Waals surface area contributed by atoms with Crippen LogP contribution in [0.1, 0.15) is 57.1 Å². The lowest BCUT2D eigenvalue weighted by Gasteiger charge is -2.42. The molecule has 1 aromatic rings. The third-order valence-electron chi connectivity index (χ3n) is 5.54. The van der Waals surface area contributed by atoms with Crippen molar-refractivity contribution in [3.05, 3.63) is 35.4 Å². The summed E-state index contributed by atoms with van der Waals surface area (Å²) in [5, 5.41) is 12.4. The van der Waals surface area contributed by atoms with Gasteiger partial charge in [0, 0.05) is 19.0 Å². The van der Waals surface area contributed by atoms with Crippen LogP contribution in [0, 0.1) is 22.7 Å². The third kappa shape index (κ3) is 4.30. The van der Waals surface area contributed by atoms with Gasteiger partial charge in [0.25, 0.3) is 0 Å². The number of nitriles is 1. The molecule has 0 spiro atoms. The van der Waals surface area contributed by atoms with Crippen molar-refractivity contribution in [1.29, 1.82) is 5.26 Å². The first-order valence-electron chi connectivity index (χ1n) is 8.54. The van der Waals surface area contributed by atoms with Gasteiger partial charge in [-0.2, -0.15) is 18.4 Å². The van der Waals surface area contributed by atoms with Gasteiger partial charge in [-0.25, -0.2) is 0 Å². The SMILES string of the molecule is CC(C)C1(CC#N)CCC(NCc2ccccc2C(F)(F)F)CC1. The second-order valence-electron chi connectivity index (χ2n) is 7.16. The first-order valence-corrected chi connectivity index (χ1v) is 8.54. The summed E-state index contributed by atoms with van der Waals surface area (Å²) in [5.41, 5.74) is -0.200. The van der Waals surface area contributed by atoms with Crippen molar-refractivity contribution in [3.63, 3.8) is 0 Å². The summed E-state index contributed by atoms with van der Waals surface area (Å²) in [7, 11) is 0. The van der Waals surface area contributed by atoms with Crippen molar-refractivity contribution in [3.8, 4) is 6.07 Å². The molecule has 24 heavy (non-hydrogen) atoms. The van der Waals surface area contributed by atoms with Crippen molar-refractivity contribution in [2.45, 2.75) is 64.7 Å². The minimum atomic E-state index is -4.32. The van der Waals surface area contributed by atoms with Crippen LogP contribution in [0.4, 0.5) is 13.2 Å². The maximum atomic E-state index is 13.0. The van der Waals surface area contributed by atoms with Crippen molar-refractivity contribution in [2.75, 3.05) is 0 Å². The Morgan fingerprint density at radius 3 is 2.42 bits per heavy atom. The Balaban J connectivity index is 1.96. The molecule has 2 nitrogen and oxygen atoms in total. The highest BCUT2D eigenvalue weighted by Crippen LogP contribution is 2.45. The summed E-state index contributed by atoms with van der Waals surface area (Å²) >= 11 is 0. The molecule has 1 aliphatic carbocycles. The number of benzene rings is 1. The molecule has 0 amide bonds. The van der Waals surface area contributed by atoms with Gasteiger partial charge < -0.3 is 5.32 Å². The van der Waals surface area contributed by atoms with E-state index >= 15 is 0 Å². The highest BCUT2D eigenvalue weighted by atomic mass is 19.4. The molecule has 1 aromatic carbocycles. The van der Waals surface area contributed by atoms with Crippen LogP contribution < -0.4 is 5.32 Å². The average molecular weight is 338 g/mol. The fourth-order valence-corrected chi connectivity index (χ4v) is 3.72. The second kappa shape index (κ2) is 7.57. The largest absolute Gasteiger partial charge is 0.416 e. The van der Waals surface area contributed by atoms with Gasteiger partial charge in [-0.3, -0.25) is 0 Å². The zero-order valence-corrected chi connectivity index (χ0v) is 14.3. The van der Waals surface area contributed by atoms with Crippen LogP contribution in [-0.2, 0) is 12.7 Å². The molecular weight excluding hydrogens is 313 g/mol. The molecule has 132 valence electrons. The predicted molar refractivity (Wildman–Crippen MR) is 88.0 cm³/mol. The Hall–Kier alpha value is -1.54. The number of hydrogen-bond acceptors (Lipinski definition) is 2. The average Bonchev–Trinajstić information content (AvgIpc) is 2.54. The molecule has 5 heteroatoms. The minimum absolute atomic E-state index is 0.0663. The smallest absolute Gasteiger partial charge is 0.310 e. The molecule has 0 atom stereocenters. The van der Waals surface area contributed by atoms with E-state index in [1.807, 2.05) is 0 Å². The van der Waals surface area contributed by atoms with Gasteiger partial charge >= 0.3 is 6.18 Å². The molecular formula is C19H25F3N2. The van der Waals surface area contributed by atoms with Gasteiger partial charge in [0.15, 0.2) is 0 Å². The topological polar surface area (TPSA) is 35.8 Å². The molecule has 0 radical (unpaired) electrons. The Bertz CT molecular complexity index is 579. The first kappa shape index (κ1) is 18.8. The standard InChI is InChI=1S/C19H25F3N2/c1-14(2)18(11-12-23)9-7-16(8-10-18)24-13-15-5-3-4-6-17(15)19(20,21)22/h3-6,14,16,24H,7-11,13H2,1-2H3. The molecule has 0 aliphatic heterocycles. The van der Waals surface area contributed by atoms with E-state index in [0.29, 0.717) is 17.9 Å². The van der Waals surface area contributed by atoms with Crippen molar-refractivity contribution in [1.82, 2.24) is 5.32 Å². The summed E-state index contributed by atoms with van der Waals surface area (Å²) in [6, 6.07) is 8.26. The summed E-state index contributed by atoms with van der Waals surface area (Å²) in [5.74, 6) is 0.448.